The van der Waals surface area contributed by atoms with Crippen molar-refractivity contribution < 1.29 is 23.5 Å². The van der Waals surface area contributed by atoms with Crippen molar-refractivity contribution in [3.8, 4) is 11.1 Å². The first-order valence-corrected chi connectivity index (χ1v) is 12.7. The van der Waals surface area contributed by atoms with E-state index in [0.29, 0.717) is 59.0 Å². The average Bonchev–Trinajstić information content (AvgIpc) is 3.24. The molecule has 38 heavy (non-hydrogen) atoms. The van der Waals surface area contributed by atoms with Crippen LogP contribution in [0.4, 0.5) is 25.1 Å². The van der Waals surface area contributed by atoms with E-state index in [1.54, 1.807) is 35.1 Å². The number of aromatic nitrogens is 4. The summed E-state index contributed by atoms with van der Waals surface area (Å²) in [5.74, 6) is -1.35. The lowest BCUT2D eigenvalue weighted by atomic mass is 9.91. The smallest absolute Gasteiger partial charge is 0.404 e. The van der Waals surface area contributed by atoms with Crippen LogP contribution in [0.25, 0.3) is 27.5 Å². The molecule has 2 fully saturated rings. The van der Waals surface area contributed by atoms with E-state index in [2.05, 4.69) is 31.2 Å². The maximum absolute atomic E-state index is 15.7. The van der Waals surface area contributed by atoms with Crippen molar-refractivity contribution >= 4 is 51.5 Å². The number of aromatic amines is 1. The minimum absolute atomic E-state index is 0.0511. The molecule has 2 saturated carbocycles. The van der Waals surface area contributed by atoms with Crippen molar-refractivity contribution in [1.82, 2.24) is 25.1 Å². The molecule has 0 saturated heterocycles. The Morgan fingerprint density at radius 3 is 2.63 bits per heavy atom. The van der Waals surface area contributed by atoms with Crippen LogP contribution in [0.2, 0.25) is 5.02 Å². The summed E-state index contributed by atoms with van der Waals surface area (Å²) in [5, 5.41) is 29.2. The Kier molecular flexibility index (Phi) is 6.05. The van der Waals surface area contributed by atoms with E-state index in [0.717, 1.165) is 0 Å². The third-order valence-electron chi connectivity index (χ3n) is 7.25. The van der Waals surface area contributed by atoms with Gasteiger partial charge in [-0.1, -0.05) is 11.6 Å². The van der Waals surface area contributed by atoms with Gasteiger partial charge in [0, 0.05) is 35.3 Å². The molecule has 6 rings (SSSR count). The number of carbonyl (C=O) groups is 2. The van der Waals surface area contributed by atoms with E-state index in [1.807, 2.05) is 0 Å². The number of benzene rings is 1. The molecule has 2 atom stereocenters. The molecule has 5 N–H and O–H groups in total. The van der Waals surface area contributed by atoms with Gasteiger partial charge in [0.1, 0.15) is 6.17 Å². The number of rotatable bonds is 6. The molecule has 198 valence electrons. The zero-order valence-electron chi connectivity index (χ0n) is 20.0. The van der Waals surface area contributed by atoms with Gasteiger partial charge < -0.3 is 21.1 Å². The van der Waals surface area contributed by atoms with Crippen LogP contribution in [0, 0.1) is 11.7 Å². The molecular formula is C25H24ClF2N7O3. The third kappa shape index (κ3) is 4.49. The van der Waals surface area contributed by atoms with Gasteiger partial charge in [-0.15, -0.1) is 0 Å². The second-order valence-corrected chi connectivity index (χ2v) is 10.2. The predicted molar refractivity (Wildman–Crippen MR) is 138 cm³/mol. The topological polar surface area (TPSA) is 136 Å². The summed E-state index contributed by atoms with van der Waals surface area (Å²) < 4.78 is 30.5. The summed E-state index contributed by atoms with van der Waals surface area (Å²) in [6.45, 7) is 0. The number of nitrogens with one attached hydrogen (secondary N) is 4. The summed E-state index contributed by atoms with van der Waals surface area (Å²) in [5.41, 5.74) is 2.41. The first-order chi connectivity index (χ1) is 18.3. The van der Waals surface area contributed by atoms with E-state index >= 15 is 4.39 Å². The fourth-order valence-electron chi connectivity index (χ4n) is 5.16. The number of carbonyl (C=O) groups excluding carboxylic acids is 1. The number of nitrogens with zero attached hydrogens (tertiary/aromatic N) is 3. The van der Waals surface area contributed by atoms with E-state index in [9.17, 15) is 14.0 Å². The second kappa shape index (κ2) is 9.43. The average molecular weight is 544 g/mol. The minimum Gasteiger partial charge on any atom is -0.465 e. The first-order valence-electron chi connectivity index (χ1n) is 12.3. The maximum atomic E-state index is 15.7. The number of pyridine rings is 1. The standard InChI is InChI=1S/C25H24ClF2N7O3/c26-20-19(11-5-6-35-14(7-11)8-18(34-35)32-24(36)15-9-17(15)27)16-10-29-33-22(16)23(21(20)28)30-12-1-3-13(4-2-12)31-25(37)38/h5-8,10,12-13,15,17,30-31H,1-4,9H2,(H,29,33)(H,37,38)(H,32,34,36)/t12?,13?,15-,17+/m1/s1. The summed E-state index contributed by atoms with van der Waals surface area (Å²) >= 11 is 6.60. The Morgan fingerprint density at radius 2 is 1.92 bits per heavy atom. The number of H-pyrrole nitrogens is 1. The summed E-state index contributed by atoms with van der Waals surface area (Å²) in [6.07, 6.45) is 3.97. The molecule has 0 aliphatic heterocycles. The second-order valence-electron chi connectivity index (χ2n) is 9.84. The Bertz CT molecular complexity index is 1560. The van der Waals surface area contributed by atoms with Crippen molar-refractivity contribution in [2.45, 2.75) is 50.4 Å². The summed E-state index contributed by atoms with van der Waals surface area (Å²) in [7, 11) is 0. The van der Waals surface area contributed by atoms with Gasteiger partial charge in [-0.3, -0.25) is 9.89 Å². The zero-order chi connectivity index (χ0) is 26.6. The zero-order valence-corrected chi connectivity index (χ0v) is 20.7. The number of carboxylic acid groups (broad SMARTS) is 1. The first kappa shape index (κ1) is 24.4. The van der Waals surface area contributed by atoms with Crippen LogP contribution in [0.15, 0.2) is 30.6 Å². The van der Waals surface area contributed by atoms with Crippen molar-refractivity contribution in [3.05, 3.63) is 41.4 Å². The Labute approximate surface area is 219 Å². The number of anilines is 2. The van der Waals surface area contributed by atoms with E-state index in [4.69, 9.17) is 16.7 Å². The van der Waals surface area contributed by atoms with Gasteiger partial charge in [0.2, 0.25) is 5.91 Å². The lowest BCUT2D eigenvalue weighted by Crippen LogP contribution is -2.39. The molecule has 2 amide bonds. The van der Waals surface area contributed by atoms with Crippen molar-refractivity contribution in [3.63, 3.8) is 0 Å². The largest absolute Gasteiger partial charge is 0.465 e. The van der Waals surface area contributed by atoms with Crippen LogP contribution in [-0.2, 0) is 4.79 Å². The molecule has 13 heteroatoms. The number of fused-ring (bicyclic) bond motifs is 2. The fraction of sp³-hybridized carbons (Fsp3) is 0.360. The van der Waals surface area contributed by atoms with Crippen LogP contribution in [0.5, 0.6) is 0 Å². The van der Waals surface area contributed by atoms with Crippen LogP contribution in [0.1, 0.15) is 32.1 Å². The molecule has 2 aliphatic rings. The fourth-order valence-corrected chi connectivity index (χ4v) is 5.46. The number of hydrogen-bond acceptors (Lipinski definition) is 5. The highest BCUT2D eigenvalue weighted by molar-refractivity contribution is 6.36. The highest BCUT2D eigenvalue weighted by Crippen LogP contribution is 2.42. The van der Waals surface area contributed by atoms with Gasteiger partial charge in [0.05, 0.1) is 33.9 Å². The number of hydrogen-bond donors (Lipinski definition) is 5. The maximum Gasteiger partial charge on any atom is 0.404 e. The molecule has 3 aromatic heterocycles. The van der Waals surface area contributed by atoms with Crippen molar-refractivity contribution in [2.24, 2.45) is 5.92 Å². The van der Waals surface area contributed by atoms with Crippen LogP contribution >= 0.6 is 11.6 Å². The van der Waals surface area contributed by atoms with E-state index in [1.165, 1.54) is 0 Å². The Balaban J connectivity index is 1.28. The highest BCUT2D eigenvalue weighted by Gasteiger charge is 2.43. The number of alkyl halides is 1. The SMILES string of the molecule is O=C(O)NC1CCC(Nc2c(F)c(Cl)c(-c3ccn4nc(NC(=O)[C@@H]5C[C@@H]5F)cc4c3)c3cn[nH]c23)CC1. The number of halogens is 3. The third-order valence-corrected chi connectivity index (χ3v) is 7.60. The molecule has 2 aliphatic carbocycles. The Morgan fingerprint density at radius 1 is 1.18 bits per heavy atom. The molecule has 0 bridgehead atoms. The summed E-state index contributed by atoms with van der Waals surface area (Å²) in [4.78, 5) is 23.0. The van der Waals surface area contributed by atoms with Crippen LogP contribution < -0.4 is 16.0 Å². The van der Waals surface area contributed by atoms with Gasteiger partial charge >= 0.3 is 6.09 Å². The van der Waals surface area contributed by atoms with Gasteiger partial charge in [-0.2, -0.15) is 10.2 Å². The predicted octanol–water partition coefficient (Wildman–Crippen LogP) is 4.96. The molecule has 3 heterocycles. The van der Waals surface area contributed by atoms with Gasteiger partial charge in [0.25, 0.3) is 0 Å². The minimum atomic E-state index is -1.10. The Hall–Kier alpha value is -3.93. The molecule has 1 aromatic carbocycles. The molecule has 0 unspecified atom stereocenters. The highest BCUT2D eigenvalue weighted by atomic mass is 35.5. The van der Waals surface area contributed by atoms with Gasteiger partial charge in [-0.05, 0) is 49.8 Å². The van der Waals surface area contributed by atoms with Crippen molar-refractivity contribution in [2.75, 3.05) is 10.6 Å². The molecule has 0 spiro atoms. The lowest BCUT2D eigenvalue weighted by Gasteiger charge is -2.30. The van der Waals surface area contributed by atoms with Gasteiger partial charge in [0.15, 0.2) is 11.6 Å². The van der Waals surface area contributed by atoms with Crippen molar-refractivity contribution in [1.29, 1.82) is 0 Å². The molecular weight excluding hydrogens is 520 g/mol. The van der Waals surface area contributed by atoms with E-state index in [-0.39, 0.29) is 29.2 Å². The normalized spacial score (nSPS) is 22.9. The van der Waals surface area contributed by atoms with Gasteiger partial charge in [-0.25, -0.2) is 18.1 Å². The monoisotopic (exact) mass is 543 g/mol. The lowest BCUT2D eigenvalue weighted by molar-refractivity contribution is -0.117. The molecule has 0 radical (unpaired) electrons. The van der Waals surface area contributed by atoms with E-state index < -0.39 is 29.9 Å². The van der Waals surface area contributed by atoms with Crippen LogP contribution in [-0.4, -0.2) is 55.2 Å². The number of amides is 2. The molecule has 10 nitrogen and oxygen atoms in total. The summed E-state index contributed by atoms with van der Waals surface area (Å²) in [6, 6.07) is 5.00. The quantitative estimate of drug-likeness (QED) is 0.233. The van der Waals surface area contributed by atoms with Crippen LogP contribution in [0.3, 0.4) is 0 Å². The molecule has 4 aromatic rings.